The first kappa shape index (κ1) is 18.6. The van der Waals surface area contributed by atoms with Gasteiger partial charge in [0, 0.05) is 24.3 Å². The molecule has 0 aliphatic carbocycles. The van der Waals surface area contributed by atoms with Crippen LogP contribution in [0.1, 0.15) is 11.1 Å². The van der Waals surface area contributed by atoms with Crippen molar-refractivity contribution in [2.24, 2.45) is 0 Å². The molecule has 0 saturated heterocycles. The lowest BCUT2D eigenvalue weighted by Gasteiger charge is -2.18. The van der Waals surface area contributed by atoms with Crippen molar-refractivity contribution >= 4 is 12.0 Å². The molecule has 0 unspecified atom stereocenters. The molecule has 2 aromatic rings. The first-order chi connectivity index (χ1) is 13.2. The Hall–Kier alpha value is -3.15. The molecule has 0 atom stereocenters. The average Bonchev–Trinajstić information content (AvgIpc) is 2.72. The summed E-state index contributed by atoms with van der Waals surface area (Å²) in [6.07, 6.45) is 3.92. The molecule has 1 heterocycles. The topological polar surface area (TPSA) is 66.0 Å². The molecule has 0 saturated carbocycles. The lowest BCUT2D eigenvalue weighted by molar-refractivity contribution is -0.116. The first-order valence-corrected chi connectivity index (χ1v) is 8.76. The van der Waals surface area contributed by atoms with Crippen molar-refractivity contribution < 1.29 is 23.7 Å². The van der Waals surface area contributed by atoms with Gasteiger partial charge in [0.2, 0.25) is 5.91 Å². The highest BCUT2D eigenvalue weighted by Gasteiger charge is 2.11. The summed E-state index contributed by atoms with van der Waals surface area (Å²) in [6.45, 7) is 1.67. The Morgan fingerprint density at radius 3 is 2.67 bits per heavy atom. The van der Waals surface area contributed by atoms with Crippen molar-refractivity contribution in [1.82, 2.24) is 5.32 Å². The Morgan fingerprint density at radius 2 is 1.89 bits per heavy atom. The number of amides is 1. The van der Waals surface area contributed by atoms with E-state index >= 15 is 0 Å². The van der Waals surface area contributed by atoms with E-state index in [1.165, 1.54) is 6.08 Å². The van der Waals surface area contributed by atoms with Crippen molar-refractivity contribution in [2.75, 3.05) is 34.0 Å². The molecule has 6 nitrogen and oxygen atoms in total. The maximum Gasteiger partial charge on any atom is 0.244 e. The molecule has 6 heteroatoms. The van der Waals surface area contributed by atoms with Crippen LogP contribution in [-0.4, -0.2) is 39.9 Å². The van der Waals surface area contributed by atoms with Crippen LogP contribution in [0.2, 0.25) is 0 Å². The molecule has 0 spiro atoms. The number of hydrogen-bond acceptors (Lipinski definition) is 5. The number of nitrogens with one attached hydrogen (secondary N) is 1. The highest BCUT2D eigenvalue weighted by molar-refractivity contribution is 5.92. The molecule has 0 bridgehead atoms. The molecule has 1 aliphatic rings. The predicted molar refractivity (Wildman–Crippen MR) is 103 cm³/mol. The molecule has 27 heavy (non-hydrogen) atoms. The molecular formula is C21H23NO5. The summed E-state index contributed by atoms with van der Waals surface area (Å²) in [6, 6.07) is 11.3. The van der Waals surface area contributed by atoms with Crippen LogP contribution in [0.4, 0.5) is 0 Å². The lowest BCUT2D eigenvalue weighted by Crippen LogP contribution is -2.23. The van der Waals surface area contributed by atoms with Gasteiger partial charge in [-0.3, -0.25) is 4.79 Å². The van der Waals surface area contributed by atoms with Crippen LogP contribution in [0.15, 0.2) is 42.5 Å². The van der Waals surface area contributed by atoms with E-state index in [-0.39, 0.29) is 5.91 Å². The second kappa shape index (κ2) is 8.98. The van der Waals surface area contributed by atoms with Crippen LogP contribution in [0.5, 0.6) is 23.0 Å². The van der Waals surface area contributed by atoms with Gasteiger partial charge in [-0.2, -0.15) is 0 Å². The maximum absolute atomic E-state index is 12.1. The van der Waals surface area contributed by atoms with Crippen molar-refractivity contribution in [2.45, 2.75) is 6.42 Å². The largest absolute Gasteiger partial charge is 0.497 e. The van der Waals surface area contributed by atoms with E-state index in [0.717, 1.165) is 22.6 Å². The minimum absolute atomic E-state index is 0.162. The summed E-state index contributed by atoms with van der Waals surface area (Å²) in [7, 11) is 3.18. The summed E-state index contributed by atoms with van der Waals surface area (Å²) >= 11 is 0. The van der Waals surface area contributed by atoms with Crippen LogP contribution in [0, 0.1) is 0 Å². The highest BCUT2D eigenvalue weighted by Crippen LogP contribution is 2.30. The van der Waals surface area contributed by atoms with E-state index in [1.54, 1.807) is 26.4 Å². The van der Waals surface area contributed by atoms with E-state index < -0.39 is 0 Å². The zero-order valence-corrected chi connectivity index (χ0v) is 15.5. The maximum atomic E-state index is 12.1. The molecule has 0 radical (unpaired) electrons. The van der Waals surface area contributed by atoms with E-state index in [2.05, 4.69) is 5.32 Å². The lowest BCUT2D eigenvalue weighted by atomic mass is 10.1. The minimum atomic E-state index is -0.162. The van der Waals surface area contributed by atoms with Crippen molar-refractivity contribution in [1.29, 1.82) is 0 Å². The smallest absolute Gasteiger partial charge is 0.244 e. The zero-order valence-electron chi connectivity index (χ0n) is 15.5. The van der Waals surface area contributed by atoms with E-state index in [1.807, 2.05) is 30.3 Å². The van der Waals surface area contributed by atoms with Gasteiger partial charge in [0.15, 0.2) is 11.5 Å². The molecule has 1 N–H and O–H groups in total. The Labute approximate surface area is 158 Å². The first-order valence-electron chi connectivity index (χ1n) is 8.76. The second-order valence-corrected chi connectivity index (χ2v) is 5.96. The van der Waals surface area contributed by atoms with Gasteiger partial charge in [0.25, 0.3) is 0 Å². The number of methoxy groups -OCH3 is 2. The number of carbonyl (C=O) groups excluding carboxylic acids is 1. The Balaban J connectivity index is 1.52. The van der Waals surface area contributed by atoms with Gasteiger partial charge in [-0.25, -0.2) is 0 Å². The fourth-order valence-corrected chi connectivity index (χ4v) is 2.75. The fourth-order valence-electron chi connectivity index (χ4n) is 2.75. The quantitative estimate of drug-likeness (QED) is 0.761. The SMILES string of the molecule is COc1ccc(/C=C/C(=O)NCCc2ccc3c(c2)OCCO3)c(OC)c1. The number of fused-ring (bicyclic) bond motifs is 1. The third kappa shape index (κ3) is 4.94. The number of hydrogen-bond donors (Lipinski definition) is 1. The molecule has 2 aromatic carbocycles. The van der Waals surface area contributed by atoms with Crippen molar-refractivity contribution in [3.8, 4) is 23.0 Å². The molecule has 0 aromatic heterocycles. The summed E-state index contributed by atoms with van der Waals surface area (Å²) in [5, 5.41) is 2.88. The normalized spacial score (nSPS) is 12.7. The Bertz CT molecular complexity index is 831. The number of rotatable bonds is 7. The zero-order chi connectivity index (χ0) is 19.1. The van der Waals surface area contributed by atoms with Crippen LogP contribution >= 0.6 is 0 Å². The summed E-state index contributed by atoms with van der Waals surface area (Å²) in [5.74, 6) is 2.72. The second-order valence-electron chi connectivity index (χ2n) is 5.96. The third-order valence-electron chi connectivity index (χ3n) is 4.17. The Kier molecular flexibility index (Phi) is 6.20. The van der Waals surface area contributed by atoms with Crippen LogP contribution < -0.4 is 24.3 Å². The summed E-state index contributed by atoms with van der Waals surface area (Å²) < 4.78 is 21.6. The van der Waals surface area contributed by atoms with Gasteiger partial charge in [0.1, 0.15) is 24.7 Å². The average molecular weight is 369 g/mol. The van der Waals surface area contributed by atoms with Gasteiger partial charge >= 0.3 is 0 Å². The standard InChI is InChI=1S/C21H23NO5/c1-24-17-6-4-16(19(14-17)25-2)5-8-21(23)22-10-9-15-3-7-18-20(13-15)27-12-11-26-18/h3-8,13-14H,9-12H2,1-2H3,(H,22,23)/b8-5+. The van der Waals surface area contributed by atoms with E-state index in [9.17, 15) is 4.79 Å². The van der Waals surface area contributed by atoms with Gasteiger partial charge in [-0.05, 0) is 42.3 Å². The molecule has 3 rings (SSSR count). The van der Waals surface area contributed by atoms with Crippen LogP contribution in [-0.2, 0) is 11.2 Å². The van der Waals surface area contributed by atoms with Crippen LogP contribution in [0.25, 0.3) is 6.08 Å². The van der Waals surface area contributed by atoms with Gasteiger partial charge in [-0.1, -0.05) is 6.07 Å². The molecular weight excluding hydrogens is 346 g/mol. The van der Waals surface area contributed by atoms with E-state index in [4.69, 9.17) is 18.9 Å². The monoisotopic (exact) mass is 369 g/mol. The minimum Gasteiger partial charge on any atom is -0.497 e. The molecule has 0 fully saturated rings. The van der Waals surface area contributed by atoms with Gasteiger partial charge in [-0.15, -0.1) is 0 Å². The molecule has 1 amide bonds. The van der Waals surface area contributed by atoms with Crippen molar-refractivity contribution in [3.05, 3.63) is 53.6 Å². The van der Waals surface area contributed by atoms with E-state index in [0.29, 0.717) is 37.7 Å². The number of benzene rings is 2. The number of ether oxygens (including phenoxy) is 4. The van der Waals surface area contributed by atoms with Crippen molar-refractivity contribution in [3.63, 3.8) is 0 Å². The Morgan fingerprint density at radius 1 is 1.07 bits per heavy atom. The molecule has 1 aliphatic heterocycles. The summed E-state index contributed by atoms with van der Waals surface area (Å²) in [4.78, 5) is 12.1. The molecule has 142 valence electrons. The number of carbonyl (C=O) groups is 1. The van der Waals surface area contributed by atoms with Crippen LogP contribution in [0.3, 0.4) is 0 Å². The predicted octanol–water partition coefficient (Wildman–Crippen LogP) is 2.85. The third-order valence-corrected chi connectivity index (χ3v) is 4.17. The fraction of sp³-hybridized carbons (Fsp3) is 0.286. The van der Waals surface area contributed by atoms with Gasteiger partial charge < -0.3 is 24.3 Å². The summed E-state index contributed by atoms with van der Waals surface area (Å²) in [5.41, 5.74) is 1.89. The highest BCUT2D eigenvalue weighted by atomic mass is 16.6. The van der Waals surface area contributed by atoms with Gasteiger partial charge in [0.05, 0.1) is 14.2 Å².